The van der Waals surface area contributed by atoms with E-state index in [-0.39, 0.29) is 12.1 Å². The monoisotopic (exact) mass is 440 g/mol. The summed E-state index contributed by atoms with van der Waals surface area (Å²) in [7, 11) is 0. The molecule has 2 aromatic heterocycles. The Hall–Kier alpha value is -3.27. The van der Waals surface area contributed by atoms with Gasteiger partial charge in [-0.15, -0.1) is 0 Å². The summed E-state index contributed by atoms with van der Waals surface area (Å²) in [5.41, 5.74) is 1.87. The average Bonchev–Trinajstić information content (AvgIpc) is 2.83. The predicted octanol–water partition coefficient (Wildman–Crippen LogP) is 2.49. The first kappa shape index (κ1) is 20.6. The smallest absolute Gasteiger partial charge is 0.288 e. The molecule has 0 unspecified atom stereocenters. The molecule has 1 aromatic carbocycles. The van der Waals surface area contributed by atoms with E-state index < -0.39 is 11.4 Å². The number of halogens is 1. The van der Waals surface area contributed by atoms with Crippen LogP contribution in [-0.2, 0) is 4.74 Å². The highest BCUT2D eigenvalue weighted by atomic mass is 19.1. The molecule has 3 heterocycles. The summed E-state index contributed by atoms with van der Waals surface area (Å²) in [6, 6.07) is 4.25. The second-order valence-corrected chi connectivity index (χ2v) is 8.11. The first-order chi connectivity index (χ1) is 15.7. The van der Waals surface area contributed by atoms with Crippen LogP contribution in [0.4, 0.5) is 16.0 Å². The fourth-order valence-electron chi connectivity index (χ4n) is 4.27. The van der Waals surface area contributed by atoms with E-state index in [2.05, 4.69) is 42.3 Å². The Labute approximate surface area is 184 Å². The van der Waals surface area contributed by atoms with E-state index in [9.17, 15) is 9.18 Å². The summed E-state index contributed by atoms with van der Waals surface area (Å²) in [6.45, 7) is 3.09. The van der Waals surface area contributed by atoms with Gasteiger partial charge < -0.3 is 19.7 Å². The van der Waals surface area contributed by atoms with Crippen molar-refractivity contribution in [1.29, 1.82) is 0 Å². The molecule has 0 amide bonds. The molecule has 5 rings (SSSR count). The van der Waals surface area contributed by atoms with Crippen molar-refractivity contribution in [2.45, 2.75) is 37.8 Å². The maximum Gasteiger partial charge on any atom is 0.288 e. The third-order valence-electron chi connectivity index (χ3n) is 5.96. The number of aromatic amines is 1. The number of nitrogens with one attached hydrogen (secondary N) is 2. The number of fused-ring (bicyclic) bond motifs is 1. The number of H-pyrrole nitrogens is 1. The first-order valence-corrected chi connectivity index (χ1v) is 10.9. The van der Waals surface area contributed by atoms with E-state index in [0.717, 1.165) is 67.4 Å². The van der Waals surface area contributed by atoms with Crippen LogP contribution in [-0.4, -0.2) is 58.4 Å². The molecule has 10 heteroatoms. The largest absolute Gasteiger partial charge is 0.488 e. The van der Waals surface area contributed by atoms with Crippen LogP contribution in [0, 0.1) is 5.82 Å². The summed E-state index contributed by atoms with van der Waals surface area (Å²) in [5.74, 6) is 0.153. The lowest BCUT2D eigenvalue weighted by Crippen LogP contribution is -2.36. The summed E-state index contributed by atoms with van der Waals surface area (Å²) >= 11 is 0. The summed E-state index contributed by atoms with van der Waals surface area (Å²) in [5, 5.41) is 3.19. The summed E-state index contributed by atoms with van der Waals surface area (Å²) in [6.07, 6.45) is 7.74. The second kappa shape index (κ2) is 9.07. The zero-order valence-electron chi connectivity index (χ0n) is 17.6. The van der Waals surface area contributed by atoms with Crippen molar-refractivity contribution < 1.29 is 13.9 Å². The van der Waals surface area contributed by atoms with Gasteiger partial charge in [0.2, 0.25) is 11.8 Å². The molecule has 0 radical (unpaired) electrons. The molecule has 168 valence electrons. The molecular formula is C22H25FN6O3. The van der Waals surface area contributed by atoms with E-state index >= 15 is 0 Å². The minimum absolute atomic E-state index is 0.0541. The van der Waals surface area contributed by atoms with Crippen molar-refractivity contribution in [3.05, 3.63) is 46.9 Å². The second-order valence-electron chi connectivity index (χ2n) is 8.11. The molecule has 1 saturated heterocycles. The van der Waals surface area contributed by atoms with Crippen LogP contribution in [0.2, 0.25) is 0 Å². The van der Waals surface area contributed by atoms with E-state index in [1.807, 2.05) is 0 Å². The number of anilines is 2. The lowest BCUT2D eigenvalue weighted by Gasteiger charge is -2.31. The minimum atomic E-state index is -0.887. The van der Waals surface area contributed by atoms with E-state index in [1.165, 1.54) is 0 Å². The van der Waals surface area contributed by atoms with Crippen molar-refractivity contribution in [2.75, 3.05) is 36.5 Å². The van der Waals surface area contributed by atoms with Gasteiger partial charge in [0.25, 0.3) is 5.56 Å². The highest BCUT2D eigenvalue weighted by Gasteiger charge is 2.24. The molecule has 2 aliphatic rings. The van der Waals surface area contributed by atoms with Crippen LogP contribution < -0.4 is 20.5 Å². The van der Waals surface area contributed by atoms with Gasteiger partial charge in [0, 0.05) is 43.3 Å². The van der Waals surface area contributed by atoms with Crippen molar-refractivity contribution in [3.63, 3.8) is 0 Å². The number of morpholine rings is 1. The number of aromatic nitrogens is 4. The zero-order chi connectivity index (χ0) is 21.9. The van der Waals surface area contributed by atoms with Gasteiger partial charge in [-0.3, -0.25) is 14.8 Å². The van der Waals surface area contributed by atoms with Crippen molar-refractivity contribution in [2.24, 2.45) is 0 Å². The van der Waals surface area contributed by atoms with Crippen molar-refractivity contribution in [1.82, 2.24) is 19.9 Å². The standard InChI is InChI=1S/C22H25FN6O3/c23-17-13-26-22(28-21(17)30)27-14-1-3-16(4-2-14)32-19-12-15(29-7-9-31-10-8-29)11-18-20(19)25-6-5-24-18/h5-6,11-14,16H,1-4,7-10H2,(H2,26,27,28,30)/t14-,16+. The van der Waals surface area contributed by atoms with Crippen molar-refractivity contribution >= 4 is 22.7 Å². The Bertz CT molecular complexity index is 1140. The van der Waals surface area contributed by atoms with Crippen LogP contribution >= 0.6 is 0 Å². The van der Waals surface area contributed by atoms with Gasteiger partial charge in [0.15, 0.2) is 0 Å². The molecule has 9 nitrogen and oxygen atoms in total. The Balaban J connectivity index is 1.27. The molecule has 1 aliphatic heterocycles. The fraction of sp³-hybridized carbons (Fsp3) is 0.455. The molecule has 0 spiro atoms. The Morgan fingerprint density at radius 2 is 1.88 bits per heavy atom. The van der Waals surface area contributed by atoms with Gasteiger partial charge >= 0.3 is 0 Å². The zero-order valence-corrected chi connectivity index (χ0v) is 17.6. The highest BCUT2D eigenvalue weighted by molar-refractivity contribution is 5.85. The summed E-state index contributed by atoms with van der Waals surface area (Å²) < 4.78 is 25.0. The first-order valence-electron chi connectivity index (χ1n) is 10.9. The summed E-state index contributed by atoms with van der Waals surface area (Å²) in [4.78, 5) is 29.0. The molecule has 2 N–H and O–H groups in total. The highest BCUT2D eigenvalue weighted by Crippen LogP contribution is 2.33. The van der Waals surface area contributed by atoms with E-state index in [1.54, 1.807) is 12.4 Å². The van der Waals surface area contributed by atoms with Gasteiger partial charge in [-0.05, 0) is 31.7 Å². The van der Waals surface area contributed by atoms with Gasteiger partial charge in [-0.1, -0.05) is 0 Å². The third-order valence-corrected chi connectivity index (χ3v) is 5.96. The van der Waals surface area contributed by atoms with Crippen LogP contribution in [0.3, 0.4) is 0 Å². The van der Waals surface area contributed by atoms with E-state index in [0.29, 0.717) is 19.2 Å². The quantitative estimate of drug-likeness (QED) is 0.624. The lowest BCUT2D eigenvalue weighted by molar-refractivity contribution is 0.122. The average molecular weight is 440 g/mol. The number of ether oxygens (including phenoxy) is 2. The minimum Gasteiger partial charge on any atom is -0.488 e. The Kier molecular flexibility index (Phi) is 5.85. The van der Waals surface area contributed by atoms with Crippen LogP contribution in [0.5, 0.6) is 5.75 Å². The SMILES string of the molecule is O=c1[nH]c(N[C@H]2CC[C@@H](Oc3cc(N4CCOCC4)cc4nccnc34)CC2)ncc1F. The lowest BCUT2D eigenvalue weighted by atomic mass is 9.93. The van der Waals surface area contributed by atoms with Crippen molar-refractivity contribution in [3.8, 4) is 5.75 Å². The predicted molar refractivity (Wildman–Crippen MR) is 118 cm³/mol. The maximum absolute atomic E-state index is 13.1. The fourth-order valence-corrected chi connectivity index (χ4v) is 4.27. The van der Waals surface area contributed by atoms with Crippen LogP contribution in [0.15, 0.2) is 35.5 Å². The molecule has 32 heavy (non-hydrogen) atoms. The number of benzene rings is 1. The number of hydrogen-bond donors (Lipinski definition) is 2. The van der Waals surface area contributed by atoms with Gasteiger partial charge in [0.05, 0.1) is 31.0 Å². The maximum atomic E-state index is 13.1. The molecule has 3 aromatic rings. The van der Waals surface area contributed by atoms with Gasteiger partial charge in [-0.2, -0.15) is 4.39 Å². The van der Waals surface area contributed by atoms with Gasteiger partial charge in [0.1, 0.15) is 11.3 Å². The topological polar surface area (TPSA) is 105 Å². The molecule has 2 fully saturated rings. The molecular weight excluding hydrogens is 415 g/mol. The Morgan fingerprint density at radius 3 is 2.66 bits per heavy atom. The molecule has 1 saturated carbocycles. The number of nitrogens with zero attached hydrogens (tertiary/aromatic N) is 4. The molecule has 0 bridgehead atoms. The Morgan fingerprint density at radius 1 is 1.09 bits per heavy atom. The normalized spacial score (nSPS) is 21.5. The third kappa shape index (κ3) is 4.50. The van der Waals surface area contributed by atoms with Crippen LogP contribution in [0.25, 0.3) is 11.0 Å². The van der Waals surface area contributed by atoms with Gasteiger partial charge in [-0.25, -0.2) is 9.97 Å². The molecule has 1 aliphatic carbocycles. The number of hydrogen-bond acceptors (Lipinski definition) is 8. The van der Waals surface area contributed by atoms with Crippen LogP contribution in [0.1, 0.15) is 25.7 Å². The van der Waals surface area contributed by atoms with E-state index in [4.69, 9.17) is 9.47 Å². The number of rotatable bonds is 5. The molecule has 0 atom stereocenters.